The topological polar surface area (TPSA) is 110 Å². The summed E-state index contributed by atoms with van der Waals surface area (Å²) in [5.74, 6) is -5.38. The first-order valence-electron chi connectivity index (χ1n) is 13.4. The highest BCUT2D eigenvalue weighted by molar-refractivity contribution is 5.97. The van der Waals surface area contributed by atoms with Crippen molar-refractivity contribution in [1.82, 2.24) is 9.88 Å². The fraction of sp³-hybridized carbons (Fsp3) is 0.367. The molecule has 1 amide bonds. The molecule has 2 atom stereocenters. The summed E-state index contributed by atoms with van der Waals surface area (Å²) in [7, 11) is 1.65. The summed E-state index contributed by atoms with van der Waals surface area (Å²) in [6.45, 7) is 4.75. The second kappa shape index (κ2) is 12.1. The number of carbonyl (C=O) groups is 2. The molecule has 230 valence electrons. The number of hydrogen-bond donors (Lipinski definition) is 3. The van der Waals surface area contributed by atoms with Crippen LogP contribution in [0.1, 0.15) is 46.1 Å². The number of aromatic nitrogens is 1. The van der Waals surface area contributed by atoms with E-state index in [1.165, 1.54) is 4.57 Å². The average molecular weight is 608 g/mol. The van der Waals surface area contributed by atoms with Gasteiger partial charge in [-0.25, -0.2) is 13.6 Å². The van der Waals surface area contributed by atoms with Gasteiger partial charge in [-0.05, 0) is 68.5 Å². The number of carboxylic acid groups (broad SMARTS) is 1. The van der Waals surface area contributed by atoms with Crippen LogP contribution in [0.3, 0.4) is 0 Å². The summed E-state index contributed by atoms with van der Waals surface area (Å²) in [6.07, 6.45) is -3.85. The molecule has 1 aliphatic rings. The van der Waals surface area contributed by atoms with Gasteiger partial charge in [0.15, 0.2) is 0 Å². The number of halogens is 5. The number of ether oxygens (including phenoxy) is 1. The summed E-state index contributed by atoms with van der Waals surface area (Å²) >= 11 is 0. The van der Waals surface area contributed by atoms with Crippen LogP contribution in [0, 0.1) is 25.5 Å². The molecule has 0 saturated heterocycles. The molecule has 3 aromatic rings. The van der Waals surface area contributed by atoms with Gasteiger partial charge in [0.2, 0.25) is 0 Å². The molecule has 0 fully saturated rings. The maximum Gasteiger partial charge on any atom is 0.408 e. The molecule has 0 bridgehead atoms. The molecule has 1 aliphatic heterocycles. The SMILES string of the molecule is Cc1cc(C)n(C)c(=O)c1-c1ccc(CC(NC(=O)c2c(F)cc(NC(C)C(F)(F)F)cc2F)C(=O)O)c2c1OCCC2. The van der Waals surface area contributed by atoms with Crippen LogP contribution in [0.25, 0.3) is 11.1 Å². The van der Waals surface area contributed by atoms with Crippen LogP contribution in [0.4, 0.5) is 27.6 Å². The van der Waals surface area contributed by atoms with Gasteiger partial charge in [0.05, 0.1) is 12.2 Å². The van der Waals surface area contributed by atoms with Gasteiger partial charge in [0, 0.05) is 30.4 Å². The van der Waals surface area contributed by atoms with E-state index in [-0.39, 0.29) is 12.0 Å². The van der Waals surface area contributed by atoms with E-state index in [9.17, 15) is 41.4 Å². The Kier molecular flexibility index (Phi) is 8.84. The molecule has 43 heavy (non-hydrogen) atoms. The number of aliphatic carboxylic acids is 1. The summed E-state index contributed by atoms with van der Waals surface area (Å²) in [5, 5.41) is 13.9. The maximum absolute atomic E-state index is 14.7. The van der Waals surface area contributed by atoms with Gasteiger partial charge in [0.25, 0.3) is 11.5 Å². The third-order valence-corrected chi connectivity index (χ3v) is 7.48. The molecule has 0 saturated carbocycles. The Labute approximate surface area is 243 Å². The highest BCUT2D eigenvalue weighted by Crippen LogP contribution is 2.39. The molecule has 2 heterocycles. The van der Waals surface area contributed by atoms with E-state index in [2.05, 4.69) is 5.32 Å². The van der Waals surface area contributed by atoms with Crippen molar-refractivity contribution in [1.29, 1.82) is 0 Å². The molecular formula is C30H30F5N3O5. The number of carboxylic acids is 1. The molecular weight excluding hydrogens is 577 g/mol. The first-order chi connectivity index (χ1) is 20.1. The Hall–Kier alpha value is -4.42. The van der Waals surface area contributed by atoms with Crippen LogP contribution < -0.4 is 20.9 Å². The fourth-order valence-electron chi connectivity index (χ4n) is 5.08. The van der Waals surface area contributed by atoms with Gasteiger partial charge in [0.1, 0.15) is 35.0 Å². The van der Waals surface area contributed by atoms with Crippen molar-refractivity contribution in [2.75, 3.05) is 11.9 Å². The van der Waals surface area contributed by atoms with Crippen LogP contribution in [-0.4, -0.2) is 46.4 Å². The van der Waals surface area contributed by atoms with E-state index in [1.807, 2.05) is 18.3 Å². The van der Waals surface area contributed by atoms with Crippen molar-refractivity contribution in [3.8, 4) is 16.9 Å². The molecule has 8 nitrogen and oxygen atoms in total. The first kappa shape index (κ1) is 31.5. The van der Waals surface area contributed by atoms with Crippen molar-refractivity contribution >= 4 is 17.6 Å². The Morgan fingerprint density at radius 1 is 1.12 bits per heavy atom. The Morgan fingerprint density at radius 2 is 1.77 bits per heavy atom. The average Bonchev–Trinajstić information content (AvgIpc) is 2.91. The summed E-state index contributed by atoms with van der Waals surface area (Å²) in [6, 6.07) is 2.45. The largest absolute Gasteiger partial charge is 0.493 e. The minimum atomic E-state index is -4.69. The van der Waals surface area contributed by atoms with Gasteiger partial charge in [-0.2, -0.15) is 13.2 Å². The highest BCUT2D eigenvalue weighted by atomic mass is 19.4. The van der Waals surface area contributed by atoms with Crippen LogP contribution in [-0.2, 0) is 24.7 Å². The monoisotopic (exact) mass is 607 g/mol. The minimum absolute atomic E-state index is 0.226. The van der Waals surface area contributed by atoms with Gasteiger partial charge in [-0.1, -0.05) is 12.1 Å². The van der Waals surface area contributed by atoms with Crippen LogP contribution in [0.5, 0.6) is 5.75 Å². The standard InChI is InChI=1S/C30H30F5N3O5/c1-14-10-15(2)38(4)28(40)24(14)20-8-7-17(19-6-5-9-43-26(19)20)11-23(29(41)42)37-27(39)25-21(31)12-18(13-22(25)32)36-16(3)30(33,34)35/h7-8,10,12-13,16,23,36H,5-6,9,11H2,1-4H3,(H,37,39)(H,41,42). The zero-order valence-corrected chi connectivity index (χ0v) is 23.8. The number of hydrogen-bond acceptors (Lipinski definition) is 5. The normalized spacial score (nSPS) is 14.3. The van der Waals surface area contributed by atoms with E-state index < -0.39 is 53.0 Å². The van der Waals surface area contributed by atoms with E-state index in [0.29, 0.717) is 59.6 Å². The second-order valence-electron chi connectivity index (χ2n) is 10.5. The van der Waals surface area contributed by atoms with Gasteiger partial charge in [-0.3, -0.25) is 9.59 Å². The second-order valence-corrected chi connectivity index (χ2v) is 10.5. The number of aryl methyl sites for hydroxylation is 2. The minimum Gasteiger partial charge on any atom is -0.493 e. The van der Waals surface area contributed by atoms with Crippen LogP contribution in [0.2, 0.25) is 0 Å². The third kappa shape index (κ3) is 6.50. The maximum atomic E-state index is 14.7. The number of benzene rings is 2. The zero-order chi connectivity index (χ0) is 31.8. The number of nitrogens with zero attached hydrogens (tertiary/aromatic N) is 1. The molecule has 1 aromatic heterocycles. The molecule has 0 aliphatic carbocycles. The molecule has 13 heteroatoms. The molecule has 0 spiro atoms. The summed E-state index contributed by atoms with van der Waals surface area (Å²) in [4.78, 5) is 38.1. The fourth-order valence-corrected chi connectivity index (χ4v) is 5.08. The molecule has 0 radical (unpaired) electrons. The molecule has 3 N–H and O–H groups in total. The molecule has 2 aromatic carbocycles. The van der Waals surface area contributed by atoms with Crippen molar-refractivity contribution in [3.63, 3.8) is 0 Å². The summed E-state index contributed by atoms with van der Waals surface area (Å²) < 4.78 is 75.4. The van der Waals surface area contributed by atoms with Crippen molar-refractivity contribution in [2.24, 2.45) is 7.05 Å². The lowest BCUT2D eigenvalue weighted by atomic mass is 9.89. The Balaban J connectivity index is 1.64. The number of alkyl halides is 3. The van der Waals surface area contributed by atoms with Crippen molar-refractivity contribution in [3.05, 3.63) is 80.3 Å². The molecule has 4 rings (SSSR count). The lowest BCUT2D eigenvalue weighted by Crippen LogP contribution is -2.43. The van der Waals surface area contributed by atoms with Gasteiger partial charge >= 0.3 is 12.1 Å². The smallest absolute Gasteiger partial charge is 0.408 e. The van der Waals surface area contributed by atoms with Gasteiger partial charge in [-0.15, -0.1) is 0 Å². The molecule has 2 unspecified atom stereocenters. The predicted molar refractivity (Wildman–Crippen MR) is 149 cm³/mol. The number of anilines is 1. The van der Waals surface area contributed by atoms with Crippen molar-refractivity contribution < 1.29 is 41.4 Å². The summed E-state index contributed by atoms with van der Waals surface area (Å²) in [5.41, 5.74) is 1.73. The lowest BCUT2D eigenvalue weighted by molar-refractivity contribution is -0.139. The van der Waals surface area contributed by atoms with Crippen molar-refractivity contribution in [2.45, 2.75) is 58.3 Å². The Morgan fingerprint density at radius 3 is 2.37 bits per heavy atom. The Bertz CT molecular complexity index is 1630. The number of rotatable bonds is 8. The number of nitrogens with one attached hydrogen (secondary N) is 2. The number of pyridine rings is 1. The van der Waals surface area contributed by atoms with Crippen LogP contribution in [0.15, 0.2) is 35.1 Å². The van der Waals surface area contributed by atoms with Crippen LogP contribution >= 0.6 is 0 Å². The predicted octanol–water partition coefficient (Wildman–Crippen LogP) is 5.06. The zero-order valence-electron chi connectivity index (χ0n) is 23.8. The first-order valence-corrected chi connectivity index (χ1v) is 13.4. The highest BCUT2D eigenvalue weighted by Gasteiger charge is 2.36. The number of fused-ring (bicyclic) bond motifs is 1. The number of carbonyl (C=O) groups excluding carboxylic acids is 1. The van der Waals surface area contributed by atoms with E-state index >= 15 is 0 Å². The van der Waals surface area contributed by atoms with Gasteiger partial charge < -0.3 is 25.0 Å². The number of amides is 1. The van der Waals surface area contributed by atoms with E-state index in [4.69, 9.17) is 4.74 Å². The lowest BCUT2D eigenvalue weighted by Gasteiger charge is -2.25. The van der Waals surface area contributed by atoms with E-state index in [0.717, 1.165) is 18.2 Å². The quantitative estimate of drug-likeness (QED) is 0.309. The van der Waals surface area contributed by atoms with E-state index in [1.54, 1.807) is 26.1 Å². The third-order valence-electron chi connectivity index (χ3n) is 7.48.